The van der Waals surface area contributed by atoms with Crippen LogP contribution in [0.4, 0.5) is 0 Å². The number of benzene rings is 1. The lowest BCUT2D eigenvalue weighted by Crippen LogP contribution is -2.48. The van der Waals surface area contributed by atoms with Crippen LogP contribution in [0.3, 0.4) is 0 Å². The number of nitrogens with zero attached hydrogens (tertiary/aromatic N) is 2. The number of ether oxygens (including phenoxy) is 2. The van der Waals surface area contributed by atoms with Crippen LogP contribution < -0.4 is 9.47 Å². The maximum absolute atomic E-state index is 13.0. The van der Waals surface area contributed by atoms with Crippen LogP contribution in [0.5, 0.6) is 11.5 Å². The molecule has 1 rings (SSSR count). The third-order valence-corrected chi connectivity index (χ3v) is 6.25. The molecule has 0 heterocycles. The summed E-state index contributed by atoms with van der Waals surface area (Å²) in [4.78, 5) is 29.7. The Kier molecular flexibility index (Phi) is 10.8. The van der Waals surface area contributed by atoms with Gasteiger partial charge in [-0.25, -0.2) is 0 Å². The van der Waals surface area contributed by atoms with Gasteiger partial charge >= 0.3 is 0 Å². The summed E-state index contributed by atoms with van der Waals surface area (Å²) >= 11 is 2.16. The van der Waals surface area contributed by atoms with Gasteiger partial charge in [0, 0.05) is 24.2 Å². The minimum absolute atomic E-state index is 0.0529. The van der Waals surface area contributed by atoms with E-state index in [0.717, 1.165) is 9.13 Å². The highest BCUT2D eigenvalue weighted by Gasteiger charge is 2.29. The van der Waals surface area contributed by atoms with Crippen molar-refractivity contribution in [1.82, 2.24) is 9.80 Å². The molecule has 0 bridgehead atoms. The van der Waals surface area contributed by atoms with Crippen molar-refractivity contribution in [2.24, 2.45) is 0 Å². The Morgan fingerprint density at radius 3 is 1.22 bits per heavy atom. The highest BCUT2D eigenvalue weighted by atomic mass is 127. The van der Waals surface area contributed by atoms with Gasteiger partial charge < -0.3 is 19.3 Å². The Balaban J connectivity index is 3.12. The molecule has 0 N–H and O–H groups in total. The predicted molar refractivity (Wildman–Crippen MR) is 138 cm³/mol. The van der Waals surface area contributed by atoms with Crippen molar-refractivity contribution >= 4 is 34.4 Å². The average Bonchev–Trinajstić information content (AvgIpc) is 2.63. The van der Waals surface area contributed by atoms with Gasteiger partial charge in [-0.2, -0.15) is 0 Å². The smallest absolute Gasteiger partial charge is 0.263 e. The van der Waals surface area contributed by atoms with Gasteiger partial charge in [-0.15, -0.1) is 0 Å². The molecule has 0 aromatic heterocycles. The van der Waals surface area contributed by atoms with Gasteiger partial charge in [-0.1, -0.05) is 0 Å². The van der Waals surface area contributed by atoms with Gasteiger partial charge in [0.05, 0.1) is 3.57 Å². The van der Waals surface area contributed by atoms with Crippen LogP contribution in [0.2, 0.25) is 0 Å². The lowest BCUT2D eigenvalue weighted by Gasteiger charge is -2.33. The highest BCUT2D eigenvalue weighted by Crippen LogP contribution is 2.34. The van der Waals surface area contributed by atoms with Gasteiger partial charge in [0.25, 0.3) is 11.8 Å². The normalized spacial score (nSPS) is 13.5. The zero-order valence-corrected chi connectivity index (χ0v) is 23.7. The molecule has 0 saturated heterocycles. The summed E-state index contributed by atoms with van der Waals surface area (Å²) in [6.07, 6.45) is -1.28. The van der Waals surface area contributed by atoms with E-state index < -0.39 is 12.2 Å². The molecule has 182 valence electrons. The van der Waals surface area contributed by atoms with Crippen molar-refractivity contribution in [2.75, 3.05) is 0 Å². The summed E-state index contributed by atoms with van der Waals surface area (Å²) < 4.78 is 12.9. The largest absolute Gasteiger partial charge is 0.480 e. The number of rotatable bonds is 10. The first kappa shape index (κ1) is 28.5. The van der Waals surface area contributed by atoms with E-state index in [4.69, 9.17) is 9.47 Å². The predicted octanol–water partition coefficient (Wildman–Crippen LogP) is 5.43. The number of carbonyl (C=O) groups is 2. The summed E-state index contributed by atoms with van der Waals surface area (Å²) in [6.45, 7) is 21.5. The Hall–Kier alpha value is -1.51. The Bertz CT molecular complexity index is 715. The van der Waals surface area contributed by atoms with Crippen LogP contribution in [0.25, 0.3) is 0 Å². The molecular weight excluding hydrogens is 519 g/mol. The minimum Gasteiger partial charge on any atom is -0.480 e. The highest BCUT2D eigenvalue weighted by molar-refractivity contribution is 14.1. The van der Waals surface area contributed by atoms with Crippen molar-refractivity contribution in [1.29, 1.82) is 0 Å². The number of aryl methyl sites for hydroxylation is 1. The zero-order chi connectivity index (χ0) is 24.9. The van der Waals surface area contributed by atoms with Crippen molar-refractivity contribution < 1.29 is 19.1 Å². The van der Waals surface area contributed by atoms with Crippen LogP contribution >= 0.6 is 22.6 Å². The second kappa shape index (κ2) is 12.1. The Morgan fingerprint density at radius 1 is 0.688 bits per heavy atom. The van der Waals surface area contributed by atoms with Crippen molar-refractivity contribution in [3.8, 4) is 11.5 Å². The molecule has 0 aliphatic heterocycles. The molecule has 0 radical (unpaired) electrons. The fourth-order valence-electron chi connectivity index (χ4n) is 3.99. The lowest BCUT2D eigenvalue weighted by molar-refractivity contribution is -0.142. The first-order chi connectivity index (χ1) is 14.7. The number of halogens is 1. The van der Waals surface area contributed by atoms with E-state index in [1.165, 1.54) is 0 Å². The SMILES string of the molecule is Cc1cc(O[C@H](C)C(=O)N(C(C)C)C(C)C)c(I)c(O[C@H](C)C(=O)N(C(C)C)C(C)C)c1. The molecule has 0 saturated carbocycles. The molecule has 2 atom stereocenters. The van der Waals surface area contributed by atoms with Crippen LogP contribution in [-0.4, -0.2) is 58.0 Å². The topological polar surface area (TPSA) is 59.1 Å². The Morgan fingerprint density at radius 2 is 0.969 bits per heavy atom. The fourth-order valence-corrected chi connectivity index (χ4v) is 4.55. The third-order valence-electron chi connectivity index (χ3n) is 5.19. The van der Waals surface area contributed by atoms with Crippen LogP contribution in [0.1, 0.15) is 74.8 Å². The van der Waals surface area contributed by atoms with E-state index in [0.29, 0.717) is 11.5 Å². The van der Waals surface area contributed by atoms with Gasteiger partial charge in [0.15, 0.2) is 12.2 Å². The number of amides is 2. The van der Waals surface area contributed by atoms with E-state index in [2.05, 4.69) is 22.6 Å². The average molecular weight is 561 g/mol. The maximum atomic E-state index is 13.0. The maximum Gasteiger partial charge on any atom is 0.263 e. The van der Waals surface area contributed by atoms with Crippen LogP contribution in [0, 0.1) is 10.5 Å². The molecule has 7 heteroatoms. The first-order valence-electron chi connectivity index (χ1n) is 11.5. The number of hydrogen-bond donors (Lipinski definition) is 0. The lowest BCUT2D eigenvalue weighted by atomic mass is 10.2. The standard InChI is InChI=1S/C25H41IN2O4/c1-14(2)27(15(3)4)24(29)19(10)31-21-12-18(9)13-22(23(21)26)32-20(11)25(30)28(16(5)6)17(7)8/h12-17,19-20H,1-11H3/t19-,20-/m1/s1. The van der Waals surface area contributed by atoms with Crippen molar-refractivity contribution in [2.45, 2.75) is 113 Å². The summed E-state index contributed by atoms with van der Waals surface area (Å²) in [5.74, 6) is 1.06. The van der Waals surface area contributed by atoms with E-state index in [9.17, 15) is 9.59 Å². The Labute approximate surface area is 208 Å². The molecule has 0 aliphatic carbocycles. The van der Waals surface area contributed by atoms with Crippen LogP contribution in [-0.2, 0) is 9.59 Å². The number of carbonyl (C=O) groups excluding carboxylic acids is 2. The molecule has 1 aromatic carbocycles. The monoisotopic (exact) mass is 560 g/mol. The minimum atomic E-state index is -0.639. The molecule has 2 amide bonds. The van der Waals surface area contributed by atoms with E-state index in [1.54, 1.807) is 13.8 Å². The van der Waals surface area contributed by atoms with Crippen molar-refractivity contribution in [3.05, 3.63) is 21.3 Å². The summed E-state index contributed by atoms with van der Waals surface area (Å²) in [6, 6.07) is 4.13. The molecule has 0 unspecified atom stereocenters. The van der Waals surface area contributed by atoms with Gasteiger partial charge in [0.2, 0.25) is 0 Å². The van der Waals surface area contributed by atoms with Gasteiger partial charge in [-0.3, -0.25) is 9.59 Å². The second-order valence-corrected chi connectivity index (χ2v) is 10.5. The first-order valence-corrected chi connectivity index (χ1v) is 12.5. The summed E-state index contributed by atoms with van der Waals surface area (Å²) in [7, 11) is 0. The summed E-state index contributed by atoms with van der Waals surface area (Å²) in [5.41, 5.74) is 0.934. The second-order valence-electron chi connectivity index (χ2n) is 9.46. The molecule has 32 heavy (non-hydrogen) atoms. The fraction of sp³-hybridized carbons (Fsp3) is 0.680. The van der Waals surface area contributed by atoms with Crippen LogP contribution in [0.15, 0.2) is 12.1 Å². The molecule has 0 aliphatic rings. The molecule has 6 nitrogen and oxygen atoms in total. The summed E-state index contributed by atoms with van der Waals surface area (Å²) in [5, 5.41) is 0. The van der Waals surface area contributed by atoms with Gasteiger partial charge in [-0.05, 0) is 116 Å². The third kappa shape index (κ3) is 7.25. The van der Waals surface area contributed by atoms with E-state index in [1.807, 2.05) is 84.2 Å². The zero-order valence-electron chi connectivity index (χ0n) is 21.5. The molecule has 1 aromatic rings. The number of hydrogen-bond acceptors (Lipinski definition) is 4. The van der Waals surface area contributed by atoms with Crippen molar-refractivity contribution in [3.63, 3.8) is 0 Å². The molecule has 0 fully saturated rings. The van der Waals surface area contributed by atoms with E-state index in [-0.39, 0.29) is 36.0 Å². The molecule has 0 spiro atoms. The van der Waals surface area contributed by atoms with Gasteiger partial charge in [0.1, 0.15) is 11.5 Å². The molecular formula is C25H41IN2O4. The van der Waals surface area contributed by atoms with E-state index >= 15 is 0 Å². The quantitative estimate of drug-likeness (QED) is 0.359.